The summed E-state index contributed by atoms with van der Waals surface area (Å²) >= 11 is 0. The van der Waals surface area contributed by atoms with Crippen molar-refractivity contribution in [3.8, 4) is 0 Å². The zero-order valence-corrected chi connectivity index (χ0v) is 8.50. The molecule has 1 atom stereocenters. The highest BCUT2D eigenvalue weighted by Gasteiger charge is 2.13. The van der Waals surface area contributed by atoms with E-state index in [9.17, 15) is 0 Å². The maximum Gasteiger partial charge on any atom is 0.0320 e. The molecular formula is C12H18N2. The summed E-state index contributed by atoms with van der Waals surface area (Å²) in [6, 6.07) is 9.23. The number of benzene rings is 1. The van der Waals surface area contributed by atoms with Gasteiger partial charge in [-0.1, -0.05) is 30.7 Å². The van der Waals surface area contributed by atoms with Crippen LogP contribution in [0.1, 0.15) is 36.4 Å². The zero-order chi connectivity index (χ0) is 9.80. The van der Waals surface area contributed by atoms with E-state index < -0.39 is 0 Å². The Bertz CT molecular complexity index is 273. The smallest absolute Gasteiger partial charge is 0.0320 e. The van der Waals surface area contributed by atoms with Gasteiger partial charge >= 0.3 is 0 Å². The molecule has 76 valence electrons. The van der Waals surface area contributed by atoms with Crippen molar-refractivity contribution in [2.45, 2.75) is 31.8 Å². The van der Waals surface area contributed by atoms with Gasteiger partial charge in [0.25, 0.3) is 0 Å². The Kier molecular flexibility index (Phi) is 3.17. The van der Waals surface area contributed by atoms with E-state index in [0.717, 1.165) is 6.54 Å². The Morgan fingerprint density at radius 1 is 1.21 bits per heavy atom. The first-order valence-electron chi connectivity index (χ1n) is 5.42. The fourth-order valence-corrected chi connectivity index (χ4v) is 2.02. The van der Waals surface area contributed by atoms with E-state index in [1.54, 1.807) is 0 Å². The predicted octanol–water partition coefficient (Wildman–Crippen LogP) is 1.96. The van der Waals surface area contributed by atoms with Gasteiger partial charge in [0, 0.05) is 12.6 Å². The van der Waals surface area contributed by atoms with Crippen LogP contribution in [0.5, 0.6) is 0 Å². The molecule has 14 heavy (non-hydrogen) atoms. The van der Waals surface area contributed by atoms with Crippen molar-refractivity contribution in [3.63, 3.8) is 0 Å². The summed E-state index contributed by atoms with van der Waals surface area (Å²) in [5, 5.41) is 3.54. The van der Waals surface area contributed by atoms with Crippen LogP contribution in [0.15, 0.2) is 24.3 Å². The van der Waals surface area contributed by atoms with Crippen LogP contribution >= 0.6 is 0 Å². The lowest BCUT2D eigenvalue weighted by Crippen LogP contribution is -2.26. The number of hydrogen-bond acceptors (Lipinski definition) is 2. The average Bonchev–Trinajstić information content (AvgIpc) is 2.30. The van der Waals surface area contributed by atoms with Crippen molar-refractivity contribution in [1.29, 1.82) is 0 Å². The summed E-state index contributed by atoms with van der Waals surface area (Å²) in [5.41, 5.74) is 8.18. The highest BCUT2D eigenvalue weighted by molar-refractivity contribution is 5.25. The van der Waals surface area contributed by atoms with Gasteiger partial charge in [0.1, 0.15) is 0 Å². The van der Waals surface area contributed by atoms with E-state index in [1.165, 1.54) is 30.4 Å². The molecule has 1 heterocycles. The molecule has 1 fully saturated rings. The van der Waals surface area contributed by atoms with Crippen molar-refractivity contribution < 1.29 is 0 Å². The van der Waals surface area contributed by atoms with Crippen molar-refractivity contribution in [2.75, 3.05) is 6.54 Å². The van der Waals surface area contributed by atoms with Gasteiger partial charge in [0.2, 0.25) is 0 Å². The molecule has 0 bridgehead atoms. The standard InChI is InChI=1S/C12H18N2/c13-9-10-4-6-11(7-5-10)12-3-1-2-8-14-12/h4-7,12,14H,1-3,8-9,13H2. The summed E-state index contributed by atoms with van der Waals surface area (Å²) in [7, 11) is 0. The SMILES string of the molecule is NCc1ccc(C2CCCCN2)cc1. The first-order valence-corrected chi connectivity index (χ1v) is 5.42. The zero-order valence-electron chi connectivity index (χ0n) is 8.50. The second-order valence-electron chi connectivity index (χ2n) is 3.95. The minimum Gasteiger partial charge on any atom is -0.326 e. The third-order valence-electron chi connectivity index (χ3n) is 2.93. The lowest BCUT2D eigenvalue weighted by molar-refractivity contribution is 0.412. The van der Waals surface area contributed by atoms with Crippen LogP contribution < -0.4 is 11.1 Å². The third kappa shape index (κ3) is 2.14. The summed E-state index contributed by atoms with van der Waals surface area (Å²) in [5.74, 6) is 0. The predicted molar refractivity (Wildman–Crippen MR) is 58.9 cm³/mol. The lowest BCUT2D eigenvalue weighted by atomic mass is 9.97. The average molecular weight is 190 g/mol. The molecule has 3 N–H and O–H groups in total. The van der Waals surface area contributed by atoms with E-state index in [2.05, 4.69) is 29.6 Å². The fourth-order valence-electron chi connectivity index (χ4n) is 2.02. The van der Waals surface area contributed by atoms with E-state index in [1.807, 2.05) is 0 Å². The van der Waals surface area contributed by atoms with Gasteiger partial charge in [0.05, 0.1) is 0 Å². The second kappa shape index (κ2) is 4.58. The lowest BCUT2D eigenvalue weighted by Gasteiger charge is -2.23. The number of hydrogen-bond donors (Lipinski definition) is 2. The third-order valence-corrected chi connectivity index (χ3v) is 2.93. The summed E-state index contributed by atoms with van der Waals surface area (Å²) in [6.45, 7) is 1.79. The fraction of sp³-hybridized carbons (Fsp3) is 0.500. The van der Waals surface area contributed by atoms with Crippen LogP contribution in [-0.4, -0.2) is 6.54 Å². The first-order chi connectivity index (χ1) is 6.90. The summed E-state index contributed by atoms with van der Waals surface area (Å²) in [4.78, 5) is 0. The molecule has 1 saturated heterocycles. The second-order valence-corrected chi connectivity index (χ2v) is 3.95. The monoisotopic (exact) mass is 190 g/mol. The maximum atomic E-state index is 5.56. The van der Waals surface area contributed by atoms with Gasteiger partial charge in [-0.15, -0.1) is 0 Å². The number of nitrogens with one attached hydrogen (secondary N) is 1. The Labute approximate surface area is 85.5 Å². The van der Waals surface area contributed by atoms with E-state index >= 15 is 0 Å². The minimum atomic E-state index is 0.565. The Morgan fingerprint density at radius 2 is 2.00 bits per heavy atom. The molecule has 0 radical (unpaired) electrons. The molecular weight excluding hydrogens is 172 g/mol. The number of nitrogens with two attached hydrogens (primary N) is 1. The molecule has 2 heteroatoms. The van der Waals surface area contributed by atoms with Crippen molar-refractivity contribution in [1.82, 2.24) is 5.32 Å². The van der Waals surface area contributed by atoms with Crippen LogP contribution in [0.25, 0.3) is 0 Å². The van der Waals surface area contributed by atoms with Crippen molar-refractivity contribution in [2.24, 2.45) is 5.73 Å². The van der Waals surface area contributed by atoms with E-state index in [-0.39, 0.29) is 0 Å². The molecule has 0 aromatic heterocycles. The largest absolute Gasteiger partial charge is 0.326 e. The first kappa shape index (κ1) is 9.69. The topological polar surface area (TPSA) is 38.0 Å². The molecule has 1 aromatic rings. The van der Waals surface area contributed by atoms with E-state index in [0.29, 0.717) is 12.6 Å². The Hall–Kier alpha value is -0.860. The van der Waals surface area contributed by atoms with Gasteiger partial charge in [0.15, 0.2) is 0 Å². The van der Waals surface area contributed by atoms with Gasteiger partial charge in [-0.05, 0) is 30.5 Å². The number of rotatable bonds is 2. The Balaban J connectivity index is 2.07. The minimum absolute atomic E-state index is 0.565. The molecule has 2 rings (SSSR count). The molecule has 0 aliphatic carbocycles. The molecule has 1 aliphatic heterocycles. The Morgan fingerprint density at radius 3 is 2.57 bits per heavy atom. The van der Waals surface area contributed by atoms with Gasteiger partial charge in [-0.3, -0.25) is 0 Å². The highest BCUT2D eigenvalue weighted by atomic mass is 14.9. The molecule has 0 saturated carbocycles. The van der Waals surface area contributed by atoms with Crippen LogP contribution in [0.3, 0.4) is 0 Å². The van der Waals surface area contributed by atoms with Crippen LogP contribution in [0, 0.1) is 0 Å². The van der Waals surface area contributed by atoms with Gasteiger partial charge in [-0.2, -0.15) is 0 Å². The van der Waals surface area contributed by atoms with Crippen molar-refractivity contribution >= 4 is 0 Å². The highest BCUT2D eigenvalue weighted by Crippen LogP contribution is 2.22. The quantitative estimate of drug-likeness (QED) is 0.748. The molecule has 0 spiro atoms. The summed E-state index contributed by atoms with van der Waals surface area (Å²) in [6.07, 6.45) is 3.93. The molecule has 0 amide bonds. The molecule has 1 aliphatic rings. The molecule has 2 nitrogen and oxygen atoms in total. The van der Waals surface area contributed by atoms with Gasteiger partial charge in [-0.25, -0.2) is 0 Å². The van der Waals surface area contributed by atoms with Crippen LogP contribution in [-0.2, 0) is 6.54 Å². The van der Waals surface area contributed by atoms with Crippen LogP contribution in [0.4, 0.5) is 0 Å². The molecule has 1 aromatic carbocycles. The van der Waals surface area contributed by atoms with Gasteiger partial charge < -0.3 is 11.1 Å². The van der Waals surface area contributed by atoms with Crippen LogP contribution in [0.2, 0.25) is 0 Å². The number of piperidine rings is 1. The normalized spacial score (nSPS) is 22.2. The van der Waals surface area contributed by atoms with E-state index in [4.69, 9.17) is 5.73 Å². The maximum absolute atomic E-state index is 5.56. The molecule has 1 unspecified atom stereocenters. The van der Waals surface area contributed by atoms with Crippen molar-refractivity contribution in [3.05, 3.63) is 35.4 Å². The summed E-state index contributed by atoms with van der Waals surface area (Å²) < 4.78 is 0.